The molecule has 2 N–H and O–H groups in total. The zero-order valence-electron chi connectivity index (χ0n) is 7.84. The summed E-state index contributed by atoms with van der Waals surface area (Å²) in [6.07, 6.45) is 5.96. The molecule has 0 saturated heterocycles. The van der Waals surface area contributed by atoms with Crippen LogP contribution >= 0.6 is 0 Å². The molecule has 2 nitrogen and oxygen atoms in total. The molecule has 0 heterocycles. The number of hydrogen-bond acceptors (Lipinski definition) is 2. The minimum absolute atomic E-state index is 0.344. The lowest BCUT2D eigenvalue weighted by molar-refractivity contribution is -0.0332. The van der Waals surface area contributed by atoms with Crippen molar-refractivity contribution in [2.24, 2.45) is 5.92 Å². The summed E-state index contributed by atoms with van der Waals surface area (Å²) in [6.45, 7) is 3.05. The van der Waals surface area contributed by atoms with Crippen LogP contribution in [0.4, 0.5) is 0 Å². The topological polar surface area (TPSA) is 32.3 Å². The first-order valence-electron chi connectivity index (χ1n) is 5.15. The van der Waals surface area contributed by atoms with E-state index in [0.717, 1.165) is 25.3 Å². The second-order valence-corrected chi connectivity index (χ2v) is 4.58. The molecule has 2 saturated carbocycles. The van der Waals surface area contributed by atoms with Crippen LogP contribution in [-0.2, 0) is 0 Å². The van der Waals surface area contributed by atoms with E-state index in [1.54, 1.807) is 0 Å². The Bertz CT molecular complexity index is 161. The third-order valence-electron chi connectivity index (χ3n) is 3.37. The van der Waals surface area contributed by atoms with Gasteiger partial charge in [-0.15, -0.1) is 0 Å². The molecule has 12 heavy (non-hydrogen) atoms. The van der Waals surface area contributed by atoms with Gasteiger partial charge in [0.15, 0.2) is 0 Å². The quantitative estimate of drug-likeness (QED) is 0.664. The summed E-state index contributed by atoms with van der Waals surface area (Å²) < 4.78 is 0. The zero-order chi connectivity index (χ0) is 8.60. The van der Waals surface area contributed by atoms with Crippen LogP contribution in [0.25, 0.3) is 0 Å². The van der Waals surface area contributed by atoms with Gasteiger partial charge in [-0.05, 0) is 44.9 Å². The van der Waals surface area contributed by atoms with Gasteiger partial charge in [0, 0.05) is 12.6 Å². The van der Waals surface area contributed by atoms with E-state index in [1.165, 1.54) is 19.3 Å². The fourth-order valence-corrected chi connectivity index (χ4v) is 1.88. The van der Waals surface area contributed by atoms with E-state index in [1.807, 2.05) is 0 Å². The third-order valence-corrected chi connectivity index (χ3v) is 3.37. The molecule has 2 aliphatic rings. The van der Waals surface area contributed by atoms with Crippen molar-refractivity contribution >= 4 is 0 Å². The van der Waals surface area contributed by atoms with Crippen LogP contribution in [0.3, 0.4) is 0 Å². The van der Waals surface area contributed by atoms with Gasteiger partial charge in [-0.1, -0.05) is 0 Å². The fourth-order valence-electron chi connectivity index (χ4n) is 1.88. The first-order chi connectivity index (χ1) is 5.70. The van der Waals surface area contributed by atoms with E-state index in [9.17, 15) is 5.11 Å². The smallest absolute Gasteiger partial charge is 0.0771 e. The van der Waals surface area contributed by atoms with Crippen LogP contribution in [-0.4, -0.2) is 23.3 Å². The van der Waals surface area contributed by atoms with Gasteiger partial charge in [-0.25, -0.2) is 0 Å². The van der Waals surface area contributed by atoms with Gasteiger partial charge in [0.05, 0.1) is 5.60 Å². The number of hydrogen-bond donors (Lipinski definition) is 2. The van der Waals surface area contributed by atoms with Crippen molar-refractivity contribution in [3.05, 3.63) is 0 Å². The zero-order valence-corrected chi connectivity index (χ0v) is 7.84. The van der Waals surface area contributed by atoms with E-state index < -0.39 is 0 Å². The fraction of sp³-hybridized carbons (Fsp3) is 1.00. The molecule has 2 aliphatic carbocycles. The van der Waals surface area contributed by atoms with Crippen molar-refractivity contribution in [2.75, 3.05) is 6.54 Å². The van der Waals surface area contributed by atoms with Gasteiger partial charge >= 0.3 is 0 Å². The predicted octanol–water partition coefficient (Wildman–Crippen LogP) is 1.29. The Kier molecular flexibility index (Phi) is 2.13. The molecule has 0 amide bonds. The summed E-state index contributed by atoms with van der Waals surface area (Å²) in [5.74, 6) is 0.897. The highest BCUT2D eigenvalue weighted by atomic mass is 16.3. The van der Waals surface area contributed by atoms with E-state index in [4.69, 9.17) is 0 Å². The molecule has 0 aromatic carbocycles. The summed E-state index contributed by atoms with van der Waals surface area (Å²) in [4.78, 5) is 0. The van der Waals surface area contributed by atoms with Crippen molar-refractivity contribution in [1.82, 2.24) is 5.32 Å². The van der Waals surface area contributed by atoms with Crippen LogP contribution in [0.5, 0.6) is 0 Å². The van der Waals surface area contributed by atoms with Crippen LogP contribution < -0.4 is 5.32 Å². The molecule has 0 radical (unpaired) electrons. The Balaban J connectivity index is 1.66. The number of rotatable bonds is 4. The molecular weight excluding hydrogens is 150 g/mol. The van der Waals surface area contributed by atoms with Crippen LogP contribution in [0.15, 0.2) is 0 Å². The maximum Gasteiger partial charge on any atom is 0.0771 e. The van der Waals surface area contributed by atoms with Gasteiger partial charge in [0.1, 0.15) is 0 Å². The lowest BCUT2D eigenvalue weighted by atomic mass is 9.80. The maximum absolute atomic E-state index is 9.80. The van der Waals surface area contributed by atoms with Gasteiger partial charge in [-0.2, -0.15) is 0 Å². The van der Waals surface area contributed by atoms with Gasteiger partial charge < -0.3 is 10.4 Å². The molecule has 0 spiro atoms. The third kappa shape index (κ3) is 1.80. The molecule has 2 fully saturated rings. The van der Waals surface area contributed by atoms with Gasteiger partial charge in [0.2, 0.25) is 0 Å². The Labute approximate surface area is 74.4 Å². The summed E-state index contributed by atoms with van der Waals surface area (Å²) in [6, 6.07) is 0.620. The van der Waals surface area contributed by atoms with E-state index in [0.29, 0.717) is 6.04 Å². The average Bonchev–Trinajstić information content (AvgIpc) is 2.78. The van der Waals surface area contributed by atoms with E-state index >= 15 is 0 Å². The molecule has 0 aromatic rings. The lowest BCUT2D eigenvalue weighted by Gasteiger charge is -2.37. The van der Waals surface area contributed by atoms with E-state index in [-0.39, 0.29) is 5.60 Å². The first kappa shape index (κ1) is 8.52. The molecule has 0 bridgehead atoms. The second kappa shape index (κ2) is 3.00. The Morgan fingerprint density at radius 3 is 2.58 bits per heavy atom. The molecule has 1 atom stereocenters. The summed E-state index contributed by atoms with van der Waals surface area (Å²) >= 11 is 0. The van der Waals surface area contributed by atoms with Crippen LogP contribution in [0.2, 0.25) is 0 Å². The molecule has 0 aromatic heterocycles. The van der Waals surface area contributed by atoms with Crippen molar-refractivity contribution in [1.29, 1.82) is 0 Å². The van der Waals surface area contributed by atoms with E-state index in [2.05, 4.69) is 12.2 Å². The standard InChI is InChI=1S/C10H19NO/c1-8(9-3-4-9)11-7-10(12)5-2-6-10/h8-9,11-12H,2-7H2,1H3. The SMILES string of the molecule is CC(NCC1(O)CCC1)C1CC1. The molecule has 70 valence electrons. The van der Waals surface area contributed by atoms with Crippen molar-refractivity contribution < 1.29 is 5.11 Å². The minimum atomic E-state index is -0.344. The number of nitrogens with one attached hydrogen (secondary N) is 1. The van der Waals surface area contributed by atoms with Gasteiger partial charge in [0.25, 0.3) is 0 Å². The summed E-state index contributed by atoms with van der Waals surface area (Å²) in [5, 5.41) is 13.2. The van der Waals surface area contributed by atoms with Crippen molar-refractivity contribution in [3.63, 3.8) is 0 Å². The lowest BCUT2D eigenvalue weighted by Crippen LogP contribution is -2.48. The highest BCUT2D eigenvalue weighted by Gasteiger charge is 2.36. The molecular formula is C10H19NO. The molecule has 2 rings (SSSR count). The van der Waals surface area contributed by atoms with Crippen molar-refractivity contribution in [2.45, 2.75) is 50.7 Å². The van der Waals surface area contributed by atoms with Gasteiger partial charge in [-0.3, -0.25) is 0 Å². The maximum atomic E-state index is 9.80. The normalized spacial score (nSPS) is 29.5. The monoisotopic (exact) mass is 169 g/mol. The molecule has 0 aliphatic heterocycles. The highest BCUT2D eigenvalue weighted by Crippen LogP contribution is 2.34. The highest BCUT2D eigenvalue weighted by molar-refractivity contribution is 4.92. The Morgan fingerprint density at radius 2 is 2.17 bits per heavy atom. The number of aliphatic hydroxyl groups is 1. The molecule has 2 heteroatoms. The largest absolute Gasteiger partial charge is 0.389 e. The Morgan fingerprint density at radius 1 is 1.50 bits per heavy atom. The predicted molar refractivity (Wildman–Crippen MR) is 49.0 cm³/mol. The van der Waals surface area contributed by atoms with Crippen LogP contribution in [0.1, 0.15) is 39.0 Å². The molecule has 1 unspecified atom stereocenters. The first-order valence-corrected chi connectivity index (χ1v) is 5.15. The van der Waals surface area contributed by atoms with Crippen LogP contribution in [0, 0.1) is 5.92 Å². The average molecular weight is 169 g/mol. The summed E-state index contributed by atoms with van der Waals surface area (Å²) in [7, 11) is 0. The minimum Gasteiger partial charge on any atom is -0.389 e. The Hall–Kier alpha value is -0.0800. The summed E-state index contributed by atoms with van der Waals surface area (Å²) in [5.41, 5.74) is -0.344. The van der Waals surface area contributed by atoms with Crippen molar-refractivity contribution in [3.8, 4) is 0 Å². The second-order valence-electron chi connectivity index (χ2n) is 4.58.